The molecule has 0 saturated carbocycles. The number of amides is 1. The molecule has 4 heteroatoms. The summed E-state index contributed by atoms with van der Waals surface area (Å²) in [6.07, 6.45) is 4.12. The molecule has 3 aromatic rings. The molecule has 1 atom stereocenters. The van der Waals surface area contributed by atoms with E-state index in [-0.39, 0.29) is 11.9 Å². The fourth-order valence-corrected chi connectivity index (χ4v) is 3.23. The highest BCUT2D eigenvalue weighted by atomic mass is 79.9. The lowest BCUT2D eigenvalue weighted by Gasteiger charge is -2.17. The van der Waals surface area contributed by atoms with Crippen molar-refractivity contribution in [3.05, 3.63) is 70.3 Å². The highest BCUT2D eigenvalue weighted by molar-refractivity contribution is 9.10. The Bertz CT molecular complexity index is 823. The molecular weight excluding hydrogens is 364 g/mol. The summed E-state index contributed by atoms with van der Waals surface area (Å²) in [6, 6.07) is 16.4. The second kappa shape index (κ2) is 7.67. The van der Waals surface area contributed by atoms with Gasteiger partial charge in [-0.25, -0.2) is 0 Å². The smallest absolute Gasteiger partial charge is 0.220 e. The lowest BCUT2D eigenvalue weighted by molar-refractivity contribution is -0.121. The molecule has 24 heavy (non-hydrogen) atoms. The first kappa shape index (κ1) is 16.8. The van der Waals surface area contributed by atoms with Gasteiger partial charge in [-0.15, -0.1) is 0 Å². The van der Waals surface area contributed by atoms with Crippen LogP contribution in [0.15, 0.2) is 59.2 Å². The Morgan fingerprint density at radius 2 is 1.92 bits per heavy atom. The van der Waals surface area contributed by atoms with Crippen LogP contribution >= 0.6 is 15.9 Å². The second-order valence-electron chi connectivity index (χ2n) is 5.94. The monoisotopic (exact) mass is 384 g/mol. The van der Waals surface area contributed by atoms with Crippen molar-refractivity contribution in [3.63, 3.8) is 0 Å². The summed E-state index contributed by atoms with van der Waals surface area (Å²) >= 11 is 3.44. The van der Waals surface area contributed by atoms with Gasteiger partial charge < -0.3 is 10.3 Å². The molecule has 3 nitrogen and oxygen atoms in total. The van der Waals surface area contributed by atoms with Crippen LogP contribution in [0.2, 0.25) is 0 Å². The maximum absolute atomic E-state index is 12.4. The fraction of sp³-hybridized carbons (Fsp3) is 0.250. The van der Waals surface area contributed by atoms with Crippen molar-refractivity contribution in [2.24, 2.45) is 0 Å². The van der Waals surface area contributed by atoms with Crippen molar-refractivity contribution in [2.75, 3.05) is 0 Å². The molecule has 124 valence electrons. The molecule has 0 radical (unpaired) electrons. The van der Waals surface area contributed by atoms with Gasteiger partial charge in [0.1, 0.15) is 0 Å². The molecule has 1 amide bonds. The fourth-order valence-electron chi connectivity index (χ4n) is 2.97. The molecule has 0 aliphatic heterocycles. The average molecular weight is 385 g/mol. The Morgan fingerprint density at radius 3 is 2.67 bits per heavy atom. The van der Waals surface area contributed by atoms with E-state index in [0.29, 0.717) is 6.42 Å². The molecule has 0 fully saturated rings. The number of nitrogens with one attached hydrogen (secondary N) is 2. The molecule has 0 spiro atoms. The average Bonchev–Trinajstić information content (AvgIpc) is 3.02. The van der Waals surface area contributed by atoms with E-state index in [1.807, 2.05) is 30.5 Å². The van der Waals surface area contributed by atoms with Gasteiger partial charge >= 0.3 is 0 Å². The van der Waals surface area contributed by atoms with E-state index in [1.54, 1.807) is 0 Å². The first-order valence-electron chi connectivity index (χ1n) is 8.27. The molecule has 2 N–H and O–H groups in total. The molecule has 2 aromatic carbocycles. The van der Waals surface area contributed by atoms with Crippen LogP contribution in [0.1, 0.15) is 36.9 Å². The van der Waals surface area contributed by atoms with Crippen molar-refractivity contribution in [1.29, 1.82) is 0 Å². The van der Waals surface area contributed by atoms with Crippen LogP contribution in [0.4, 0.5) is 0 Å². The topological polar surface area (TPSA) is 44.9 Å². The molecular formula is C20H21BrN2O. The molecule has 0 aliphatic rings. The van der Waals surface area contributed by atoms with Crippen molar-refractivity contribution in [3.8, 4) is 0 Å². The number of halogens is 1. The maximum Gasteiger partial charge on any atom is 0.220 e. The zero-order valence-corrected chi connectivity index (χ0v) is 15.3. The quantitative estimate of drug-likeness (QED) is 0.607. The summed E-state index contributed by atoms with van der Waals surface area (Å²) in [6.45, 7) is 2.09. The Morgan fingerprint density at radius 1 is 1.17 bits per heavy atom. The number of H-pyrrole nitrogens is 1. The Labute approximate surface area is 150 Å². The van der Waals surface area contributed by atoms with Crippen LogP contribution in [0.25, 0.3) is 10.9 Å². The Balaban J connectivity index is 1.61. The normalized spacial score (nSPS) is 12.2. The van der Waals surface area contributed by atoms with Gasteiger partial charge in [0.05, 0.1) is 6.04 Å². The first-order valence-corrected chi connectivity index (χ1v) is 9.06. The standard InChI is InChI=1S/C20H21BrN2O/c1-2-18(14-7-10-16(21)11-8-14)23-20(24)12-9-15-13-22-19-6-4-3-5-17(15)19/h3-8,10-11,13,18,22H,2,9,12H2,1H3,(H,23,24)/t18-/m1/s1. The van der Waals surface area contributed by atoms with E-state index < -0.39 is 0 Å². The summed E-state index contributed by atoms with van der Waals surface area (Å²) in [5, 5.41) is 4.35. The summed E-state index contributed by atoms with van der Waals surface area (Å²) in [7, 11) is 0. The van der Waals surface area contributed by atoms with E-state index in [1.165, 1.54) is 10.9 Å². The van der Waals surface area contributed by atoms with Gasteiger partial charge in [-0.3, -0.25) is 4.79 Å². The Kier molecular flexibility index (Phi) is 5.36. The summed E-state index contributed by atoms with van der Waals surface area (Å²) in [5.41, 5.74) is 3.45. The molecule has 1 heterocycles. The minimum atomic E-state index is 0.0635. The lowest BCUT2D eigenvalue weighted by Crippen LogP contribution is -2.28. The van der Waals surface area contributed by atoms with Crippen LogP contribution < -0.4 is 5.32 Å². The third kappa shape index (κ3) is 3.88. The number of aromatic nitrogens is 1. The number of hydrogen-bond acceptors (Lipinski definition) is 1. The highest BCUT2D eigenvalue weighted by Gasteiger charge is 2.13. The number of rotatable bonds is 6. The predicted octanol–water partition coefficient (Wildman–Crippen LogP) is 5.13. The molecule has 0 unspecified atom stereocenters. The zero-order valence-electron chi connectivity index (χ0n) is 13.7. The van der Waals surface area contributed by atoms with E-state index in [0.717, 1.165) is 28.4 Å². The number of aryl methyl sites for hydroxylation is 1. The number of fused-ring (bicyclic) bond motifs is 1. The van der Waals surface area contributed by atoms with Gasteiger partial charge in [0, 0.05) is 28.0 Å². The summed E-state index contributed by atoms with van der Waals surface area (Å²) in [5.74, 6) is 0.0926. The van der Waals surface area contributed by atoms with Gasteiger partial charge in [-0.2, -0.15) is 0 Å². The largest absolute Gasteiger partial charge is 0.361 e. The van der Waals surface area contributed by atoms with Crippen LogP contribution in [-0.4, -0.2) is 10.9 Å². The van der Waals surface area contributed by atoms with Crippen molar-refractivity contribution >= 4 is 32.7 Å². The molecule has 0 aliphatic carbocycles. The summed E-state index contributed by atoms with van der Waals surface area (Å²) in [4.78, 5) is 15.6. The van der Waals surface area contributed by atoms with Crippen molar-refractivity contribution < 1.29 is 4.79 Å². The van der Waals surface area contributed by atoms with Crippen molar-refractivity contribution in [1.82, 2.24) is 10.3 Å². The van der Waals surface area contributed by atoms with Gasteiger partial charge in [0.25, 0.3) is 0 Å². The van der Waals surface area contributed by atoms with Gasteiger partial charge in [-0.05, 0) is 42.2 Å². The summed E-state index contributed by atoms with van der Waals surface area (Å²) < 4.78 is 1.05. The Hall–Kier alpha value is -2.07. The number of aromatic amines is 1. The van der Waals surface area contributed by atoms with Crippen LogP contribution in [0.5, 0.6) is 0 Å². The number of hydrogen-bond donors (Lipinski definition) is 2. The van der Waals surface area contributed by atoms with Gasteiger partial charge in [0.2, 0.25) is 5.91 Å². The van der Waals surface area contributed by atoms with Crippen LogP contribution in [0, 0.1) is 0 Å². The number of benzene rings is 2. The number of carbonyl (C=O) groups excluding carboxylic acids is 1. The highest BCUT2D eigenvalue weighted by Crippen LogP contribution is 2.21. The number of para-hydroxylation sites is 1. The zero-order chi connectivity index (χ0) is 16.9. The van der Waals surface area contributed by atoms with Gasteiger partial charge in [0.15, 0.2) is 0 Å². The third-order valence-electron chi connectivity index (χ3n) is 4.31. The van der Waals surface area contributed by atoms with Gasteiger partial charge in [-0.1, -0.05) is 53.2 Å². The van der Waals surface area contributed by atoms with Crippen LogP contribution in [0.3, 0.4) is 0 Å². The second-order valence-corrected chi connectivity index (χ2v) is 6.86. The SMILES string of the molecule is CC[C@@H](NC(=O)CCc1c[nH]c2ccccc12)c1ccc(Br)cc1. The molecule has 0 saturated heterocycles. The molecule has 0 bridgehead atoms. The number of carbonyl (C=O) groups is 1. The minimum absolute atomic E-state index is 0.0635. The van der Waals surface area contributed by atoms with Crippen molar-refractivity contribution in [2.45, 2.75) is 32.2 Å². The minimum Gasteiger partial charge on any atom is -0.361 e. The van der Waals surface area contributed by atoms with E-state index in [9.17, 15) is 4.79 Å². The maximum atomic E-state index is 12.4. The molecule has 3 rings (SSSR count). The first-order chi connectivity index (χ1) is 11.7. The van der Waals surface area contributed by atoms with E-state index >= 15 is 0 Å². The molecule has 1 aromatic heterocycles. The van der Waals surface area contributed by atoms with Crippen LogP contribution in [-0.2, 0) is 11.2 Å². The predicted molar refractivity (Wildman–Crippen MR) is 102 cm³/mol. The van der Waals surface area contributed by atoms with E-state index in [4.69, 9.17) is 0 Å². The van der Waals surface area contributed by atoms with E-state index in [2.05, 4.69) is 57.4 Å². The lowest BCUT2D eigenvalue weighted by atomic mass is 10.0. The third-order valence-corrected chi connectivity index (χ3v) is 4.84.